The van der Waals surface area contributed by atoms with Crippen molar-refractivity contribution in [1.29, 1.82) is 0 Å². The van der Waals surface area contributed by atoms with E-state index in [4.69, 9.17) is 11.6 Å². The standard InChI is InChI=1S/C14H18ClN3/c1-10(2)16-9-11(3)8-12-14(15)17-13-6-4-5-7-18(12)13/h4-8,10,16H,9H2,1-3H3. The lowest BCUT2D eigenvalue weighted by molar-refractivity contribution is 0.622. The number of hydrogen-bond acceptors (Lipinski definition) is 2. The minimum atomic E-state index is 0.478. The number of fused-ring (bicyclic) bond motifs is 1. The molecule has 0 atom stereocenters. The van der Waals surface area contributed by atoms with E-state index in [0.717, 1.165) is 17.9 Å². The van der Waals surface area contributed by atoms with Gasteiger partial charge in [-0.3, -0.25) is 4.40 Å². The third-order valence-corrected chi connectivity index (χ3v) is 2.97. The zero-order chi connectivity index (χ0) is 13.1. The molecule has 2 aromatic heterocycles. The van der Waals surface area contributed by atoms with Gasteiger partial charge >= 0.3 is 0 Å². The summed E-state index contributed by atoms with van der Waals surface area (Å²) in [6.07, 6.45) is 4.06. The maximum Gasteiger partial charge on any atom is 0.155 e. The third kappa shape index (κ3) is 2.92. The van der Waals surface area contributed by atoms with E-state index in [0.29, 0.717) is 11.2 Å². The second-order valence-electron chi connectivity index (χ2n) is 4.74. The van der Waals surface area contributed by atoms with Gasteiger partial charge in [0.15, 0.2) is 5.15 Å². The lowest BCUT2D eigenvalue weighted by Crippen LogP contribution is -2.24. The molecular weight excluding hydrogens is 246 g/mol. The Morgan fingerprint density at radius 3 is 3.00 bits per heavy atom. The minimum absolute atomic E-state index is 0.478. The molecule has 0 amide bonds. The van der Waals surface area contributed by atoms with E-state index in [-0.39, 0.29) is 0 Å². The Balaban J connectivity index is 2.30. The number of halogens is 1. The van der Waals surface area contributed by atoms with Gasteiger partial charge in [-0.05, 0) is 25.1 Å². The fourth-order valence-corrected chi connectivity index (χ4v) is 2.00. The first-order chi connectivity index (χ1) is 8.58. The van der Waals surface area contributed by atoms with Crippen LogP contribution in [0.1, 0.15) is 26.5 Å². The molecule has 0 saturated heterocycles. The zero-order valence-electron chi connectivity index (χ0n) is 10.9. The predicted octanol–water partition coefficient (Wildman–Crippen LogP) is 3.39. The number of nitrogens with one attached hydrogen (secondary N) is 1. The lowest BCUT2D eigenvalue weighted by Gasteiger charge is -2.08. The van der Waals surface area contributed by atoms with Crippen LogP contribution in [0, 0.1) is 0 Å². The van der Waals surface area contributed by atoms with Gasteiger partial charge in [-0.25, -0.2) is 4.98 Å². The zero-order valence-corrected chi connectivity index (χ0v) is 11.7. The fourth-order valence-electron chi connectivity index (χ4n) is 1.76. The highest BCUT2D eigenvalue weighted by Gasteiger charge is 2.07. The first-order valence-corrected chi connectivity index (χ1v) is 6.49. The number of imidazole rings is 1. The molecule has 1 N–H and O–H groups in total. The Hall–Kier alpha value is -1.32. The van der Waals surface area contributed by atoms with Crippen LogP contribution in [0.3, 0.4) is 0 Å². The highest BCUT2D eigenvalue weighted by atomic mass is 35.5. The van der Waals surface area contributed by atoms with Crippen LogP contribution in [0.2, 0.25) is 5.15 Å². The summed E-state index contributed by atoms with van der Waals surface area (Å²) in [5.41, 5.74) is 3.05. The van der Waals surface area contributed by atoms with Crippen LogP contribution in [0.25, 0.3) is 11.7 Å². The van der Waals surface area contributed by atoms with Crippen LogP contribution < -0.4 is 5.32 Å². The average Bonchev–Trinajstić information content (AvgIpc) is 2.64. The summed E-state index contributed by atoms with van der Waals surface area (Å²) in [7, 11) is 0. The van der Waals surface area contributed by atoms with Crippen molar-refractivity contribution in [2.45, 2.75) is 26.8 Å². The van der Waals surface area contributed by atoms with Gasteiger partial charge in [-0.15, -0.1) is 0 Å². The predicted molar refractivity (Wildman–Crippen MR) is 77.0 cm³/mol. The molecule has 0 radical (unpaired) electrons. The summed E-state index contributed by atoms with van der Waals surface area (Å²) >= 11 is 6.18. The average molecular weight is 264 g/mol. The Labute approximate surface area is 112 Å². The molecule has 0 aliphatic heterocycles. The molecule has 2 aromatic rings. The maximum absolute atomic E-state index is 6.18. The van der Waals surface area contributed by atoms with E-state index >= 15 is 0 Å². The van der Waals surface area contributed by atoms with Gasteiger partial charge in [0.2, 0.25) is 0 Å². The number of aromatic nitrogens is 2. The van der Waals surface area contributed by atoms with Crippen molar-refractivity contribution in [1.82, 2.24) is 14.7 Å². The summed E-state index contributed by atoms with van der Waals surface area (Å²) in [6.45, 7) is 7.21. The van der Waals surface area contributed by atoms with Gasteiger partial charge in [0.05, 0.1) is 5.69 Å². The minimum Gasteiger partial charge on any atom is -0.311 e. The fraction of sp³-hybridized carbons (Fsp3) is 0.357. The second-order valence-corrected chi connectivity index (χ2v) is 5.10. The van der Waals surface area contributed by atoms with Crippen LogP contribution >= 0.6 is 11.6 Å². The molecule has 0 aliphatic carbocycles. The summed E-state index contributed by atoms with van der Waals surface area (Å²) in [5.74, 6) is 0. The Morgan fingerprint density at radius 1 is 1.50 bits per heavy atom. The Morgan fingerprint density at radius 2 is 2.28 bits per heavy atom. The van der Waals surface area contributed by atoms with Gasteiger partial charge in [0.25, 0.3) is 0 Å². The molecule has 0 fully saturated rings. The smallest absolute Gasteiger partial charge is 0.155 e. The van der Waals surface area contributed by atoms with E-state index < -0.39 is 0 Å². The summed E-state index contributed by atoms with van der Waals surface area (Å²) in [6, 6.07) is 6.36. The van der Waals surface area contributed by atoms with Gasteiger partial charge in [-0.1, -0.05) is 37.1 Å². The van der Waals surface area contributed by atoms with Crippen molar-refractivity contribution in [3.8, 4) is 0 Å². The molecule has 0 unspecified atom stereocenters. The molecular formula is C14H18ClN3. The van der Waals surface area contributed by atoms with Gasteiger partial charge in [0.1, 0.15) is 5.65 Å². The van der Waals surface area contributed by atoms with Gasteiger partial charge in [-0.2, -0.15) is 0 Å². The van der Waals surface area contributed by atoms with Crippen LogP contribution in [0.5, 0.6) is 0 Å². The van der Waals surface area contributed by atoms with Crippen molar-refractivity contribution >= 4 is 23.3 Å². The topological polar surface area (TPSA) is 29.3 Å². The number of rotatable bonds is 4. The molecule has 0 saturated carbocycles. The number of nitrogens with zero attached hydrogens (tertiary/aromatic N) is 2. The van der Waals surface area contributed by atoms with Gasteiger partial charge < -0.3 is 5.32 Å². The van der Waals surface area contributed by atoms with E-state index in [1.165, 1.54) is 5.57 Å². The van der Waals surface area contributed by atoms with Crippen LogP contribution in [0.15, 0.2) is 30.0 Å². The van der Waals surface area contributed by atoms with Crippen molar-refractivity contribution < 1.29 is 0 Å². The largest absolute Gasteiger partial charge is 0.311 e. The Bertz CT molecular complexity index is 569. The summed E-state index contributed by atoms with van der Waals surface area (Å²) in [4.78, 5) is 4.32. The van der Waals surface area contributed by atoms with E-state index in [9.17, 15) is 0 Å². The van der Waals surface area contributed by atoms with E-state index in [1.54, 1.807) is 0 Å². The highest BCUT2D eigenvalue weighted by molar-refractivity contribution is 6.31. The molecule has 3 nitrogen and oxygen atoms in total. The first-order valence-electron chi connectivity index (χ1n) is 6.11. The first kappa shape index (κ1) is 13.1. The molecule has 0 bridgehead atoms. The van der Waals surface area contributed by atoms with Crippen LogP contribution in [0.4, 0.5) is 0 Å². The van der Waals surface area contributed by atoms with E-state index in [1.807, 2.05) is 28.8 Å². The lowest BCUT2D eigenvalue weighted by atomic mass is 10.2. The molecule has 0 aliphatic rings. The molecule has 96 valence electrons. The van der Waals surface area contributed by atoms with E-state index in [2.05, 4.69) is 37.1 Å². The molecule has 2 rings (SSSR count). The van der Waals surface area contributed by atoms with Crippen molar-refractivity contribution in [2.75, 3.05) is 6.54 Å². The molecule has 0 spiro atoms. The molecule has 0 aromatic carbocycles. The number of pyridine rings is 1. The SMILES string of the molecule is CC(=Cc1c(Cl)nc2ccccn12)CNC(C)C. The summed E-state index contributed by atoms with van der Waals surface area (Å²) in [5, 5.41) is 3.93. The van der Waals surface area contributed by atoms with Gasteiger partial charge in [0, 0.05) is 18.8 Å². The van der Waals surface area contributed by atoms with Crippen LogP contribution in [-0.2, 0) is 0 Å². The quantitative estimate of drug-likeness (QED) is 0.916. The highest BCUT2D eigenvalue weighted by Crippen LogP contribution is 2.20. The maximum atomic E-state index is 6.18. The Kier molecular flexibility index (Phi) is 4.04. The second kappa shape index (κ2) is 5.55. The van der Waals surface area contributed by atoms with Crippen molar-refractivity contribution in [3.05, 3.63) is 40.8 Å². The molecule has 2 heterocycles. The van der Waals surface area contributed by atoms with Crippen molar-refractivity contribution in [2.24, 2.45) is 0 Å². The monoisotopic (exact) mass is 263 g/mol. The summed E-state index contributed by atoms with van der Waals surface area (Å²) < 4.78 is 2.00. The van der Waals surface area contributed by atoms with Crippen LogP contribution in [-0.4, -0.2) is 22.0 Å². The number of hydrogen-bond donors (Lipinski definition) is 1. The normalized spacial score (nSPS) is 12.6. The van der Waals surface area contributed by atoms with Crippen molar-refractivity contribution in [3.63, 3.8) is 0 Å². The third-order valence-electron chi connectivity index (χ3n) is 2.69. The molecule has 4 heteroatoms. The molecule has 18 heavy (non-hydrogen) atoms.